The number of halogens is 3. The van der Waals surface area contributed by atoms with Gasteiger partial charge in [0.2, 0.25) is 11.8 Å². The van der Waals surface area contributed by atoms with Crippen LogP contribution in [-0.4, -0.2) is 66.4 Å². The fraction of sp³-hybridized carbons (Fsp3) is 0.448. The number of carbonyl (C=O) groups is 2. The SMILES string of the molecule is O=C(C=Cc1ccc(Cl)cc1)NCC1CCN(Cc2cc(Cl)cc(Cl)c2)C(=O)C(CCN2CCCCC2)N1. The normalized spacial score (nSPS) is 21.0. The minimum atomic E-state index is -0.319. The van der Waals surface area contributed by atoms with Gasteiger partial charge in [0.05, 0.1) is 6.04 Å². The van der Waals surface area contributed by atoms with Crippen LogP contribution in [0.15, 0.2) is 48.5 Å². The van der Waals surface area contributed by atoms with Crippen molar-refractivity contribution >= 4 is 52.7 Å². The third kappa shape index (κ3) is 8.99. The topological polar surface area (TPSA) is 64.7 Å². The Morgan fingerprint density at radius 3 is 2.39 bits per heavy atom. The molecule has 2 aliphatic heterocycles. The van der Waals surface area contributed by atoms with Crippen molar-refractivity contribution in [3.05, 3.63) is 74.7 Å². The largest absolute Gasteiger partial charge is 0.351 e. The summed E-state index contributed by atoms with van der Waals surface area (Å²) >= 11 is 18.3. The van der Waals surface area contributed by atoms with Crippen LogP contribution in [-0.2, 0) is 16.1 Å². The first-order valence-electron chi connectivity index (χ1n) is 13.3. The predicted molar refractivity (Wildman–Crippen MR) is 156 cm³/mol. The number of likely N-dealkylation sites (tertiary alicyclic amines) is 1. The molecule has 0 aliphatic carbocycles. The smallest absolute Gasteiger partial charge is 0.244 e. The number of rotatable bonds is 9. The zero-order valence-corrected chi connectivity index (χ0v) is 23.7. The molecule has 0 radical (unpaired) electrons. The van der Waals surface area contributed by atoms with E-state index in [1.165, 1.54) is 25.3 Å². The fourth-order valence-electron chi connectivity index (χ4n) is 5.05. The van der Waals surface area contributed by atoms with Crippen molar-refractivity contribution in [1.82, 2.24) is 20.4 Å². The highest BCUT2D eigenvalue weighted by Gasteiger charge is 2.31. The zero-order chi connectivity index (χ0) is 26.9. The molecule has 0 aromatic heterocycles. The highest BCUT2D eigenvalue weighted by Crippen LogP contribution is 2.22. The van der Waals surface area contributed by atoms with Gasteiger partial charge in [0.25, 0.3) is 0 Å². The fourth-order valence-corrected chi connectivity index (χ4v) is 5.75. The first kappa shape index (κ1) is 28.9. The summed E-state index contributed by atoms with van der Waals surface area (Å²) in [7, 11) is 0. The van der Waals surface area contributed by atoms with Crippen LogP contribution >= 0.6 is 34.8 Å². The summed E-state index contributed by atoms with van der Waals surface area (Å²) in [6.45, 7) is 4.52. The second-order valence-electron chi connectivity index (χ2n) is 10.1. The summed E-state index contributed by atoms with van der Waals surface area (Å²) in [5.74, 6) is -0.0952. The Hall–Kier alpha value is -2.09. The van der Waals surface area contributed by atoms with Crippen molar-refractivity contribution in [2.75, 3.05) is 32.7 Å². The second kappa shape index (κ2) is 14.3. The lowest BCUT2D eigenvalue weighted by Crippen LogP contribution is -2.50. The van der Waals surface area contributed by atoms with Crippen LogP contribution in [0.1, 0.15) is 43.2 Å². The van der Waals surface area contributed by atoms with Gasteiger partial charge in [0, 0.05) is 53.4 Å². The molecule has 2 unspecified atom stereocenters. The van der Waals surface area contributed by atoms with E-state index in [-0.39, 0.29) is 23.9 Å². The highest BCUT2D eigenvalue weighted by atomic mass is 35.5. The molecule has 2 amide bonds. The predicted octanol–water partition coefficient (Wildman–Crippen LogP) is 5.41. The van der Waals surface area contributed by atoms with Crippen LogP contribution in [0.25, 0.3) is 6.08 Å². The number of hydrogen-bond acceptors (Lipinski definition) is 4. The molecule has 2 aromatic rings. The number of nitrogens with one attached hydrogen (secondary N) is 2. The van der Waals surface area contributed by atoms with Gasteiger partial charge in [-0.05, 0) is 86.3 Å². The van der Waals surface area contributed by atoms with Gasteiger partial charge in [-0.2, -0.15) is 0 Å². The molecular weight excluding hydrogens is 543 g/mol. The summed E-state index contributed by atoms with van der Waals surface area (Å²) in [5.41, 5.74) is 1.81. The van der Waals surface area contributed by atoms with E-state index in [0.717, 1.165) is 43.6 Å². The molecule has 204 valence electrons. The summed E-state index contributed by atoms with van der Waals surface area (Å²) in [6.07, 6.45) is 8.44. The van der Waals surface area contributed by atoms with Gasteiger partial charge < -0.3 is 20.4 Å². The van der Waals surface area contributed by atoms with Crippen molar-refractivity contribution < 1.29 is 9.59 Å². The van der Waals surface area contributed by atoms with Crippen molar-refractivity contribution in [1.29, 1.82) is 0 Å². The van der Waals surface area contributed by atoms with E-state index in [1.807, 2.05) is 29.2 Å². The first-order valence-corrected chi connectivity index (χ1v) is 14.4. The Kier molecular flexibility index (Phi) is 10.9. The Bertz CT molecular complexity index is 1100. The molecule has 0 spiro atoms. The van der Waals surface area contributed by atoms with Crippen molar-refractivity contribution in [3.63, 3.8) is 0 Å². The van der Waals surface area contributed by atoms with Crippen LogP contribution < -0.4 is 10.6 Å². The molecule has 2 heterocycles. The third-order valence-corrected chi connectivity index (χ3v) is 7.78. The zero-order valence-electron chi connectivity index (χ0n) is 21.5. The van der Waals surface area contributed by atoms with Gasteiger partial charge in [-0.15, -0.1) is 0 Å². The van der Waals surface area contributed by atoms with E-state index >= 15 is 0 Å². The first-order chi connectivity index (χ1) is 18.4. The van der Waals surface area contributed by atoms with Gasteiger partial charge in [-0.25, -0.2) is 0 Å². The Balaban J connectivity index is 1.39. The van der Waals surface area contributed by atoms with Crippen molar-refractivity contribution in [2.24, 2.45) is 0 Å². The molecule has 2 N–H and O–H groups in total. The Morgan fingerprint density at radius 2 is 1.68 bits per heavy atom. The van der Waals surface area contributed by atoms with E-state index in [2.05, 4.69) is 15.5 Å². The van der Waals surface area contributed by atoms with Crippen molar-refractivity contribution in [3.8, 4) is 0 Å². The quantitative estimate of drug-likeness (QED) is 0.391. The molecule has 2 saturated heterocycles. The van der Waals surface area contributed by atoms with Crippen LogP contribution in [0.4, 0.5) is 0 Å². The molecule has 2 atom stereocenters. The second-order valence-corrected chi connectivity index (χ2v) is 11.4. The minimum absolute atomic E-state index is 0.0221. The maximum Gasteiger partial charge on any atom is 0.244 e. The number of hydrogen-bond donors (Lipinski definition) is 2. The number of amides is 2. The van der Waals surface area contributed by atoms with Crippen LogP contribution in [0, 0.1) is 0 Å². The lowest BCUT2D eigenvalue weighted by atomic mass is 10.1. The van der Waals surface area contributed by atoms with E-state index in [0.29, 0.717) is 34.7 Å². The average molecular weight is 578 g/mol. The highest BCUT2D eigenvalue weighted by molar-refractivity contribution is 6.34. The third-order valence-electron chi connectivity index (χ3n) is 7.09. The van der Waals surface area contributed by atoms with E-state index in [1.54, 1.807) is 24.3 Å². The van der Waals surface area contributed by atoms with Crippen LogP contribution in [0.2, 0.25) is 15.1 Å². The van der Waals surface area contributed by atoms with Crippen LogP contribution in [0.5, 0.6) is 0 Å². The molecular formula is C29H35Cl3N4O2. The number of nitrogens with zero attached hydrogens (tertiary/aromatic N) is 2. The molecule has 4 rings (SSSR count). The standard InChI is InChI=1S/C29H35Cl3N4O2/c30-23-7-4-21(5-8-23)6-9-28(37)33-19-26-10-15-36(20-22-16-24(31)18-25(32)17-22)29(38)27(34-26)11-14-35-12-2-1-3-13-35/h4-9,16-18,26-27,34H,1-3,10-15,19-20H2,(H,33,37). The Labute approximate surface area is 240 Å². The molecule has 6 nitrogen and oxygen atoms in total. The summed E-state index contributed by atoms with van der Waals surface area (Å²) in [5, 5.41) is 8.32. The van der Waals surface area contributed by atoms with Gasteiger partial charge in [-0.1, -0.05) is 53.4 Å². The summed E-state index contributed by atoms with van der Waals surface area (Å²) in [6, 6.07) is 12.4. The van der Waals surface area contributed by atoms with Crippen molar-refractivity contribution in [2.45, 2.75) is 50.7 Å². The van der Waals surface area contributed by atoms with Crippen LogP contribution in [0.3, 0.4) is 0 Å². The molecule has 2 fully saturated rings. The monoisotopic (exact) mass is 576 g/mol. The average Bonchev–Trinajstić information content (AvgIpc) is 3.04. The molecule has 9 heteroatoms. The lowest BCUT2D eigenvalue weighted by molar-refractivity contribution is -0.133. The maximum atomic E-state index is 13.6. The van der Waals surface area contributed by atoms with Gasteiger partial charge >= 0.3 is 0 Å². The Morgan fingerprint density at radius 1 is 0.974 bits per heavy atom. The number of carbonyl (C=O) groups excluding carboxylic acids is 2. The molecule has 38 heavy (non-hydrogen) atoms. The molecule has 2 aromatic carbocycles. The number of benzene rings is 2. The molecule has 0 saturated carbocycles. The van der Waals surface area contributed by atoms with Gasteiger partial charge in [-0.3, -0.25) is 9.59 Å². The maximum absolute atomic E-state index is 13.6. The van der Waals surface area contributed by atoms with Gasteiger partial charge in [0.15, 0.2) is 0 Å². The van der Waals surface area contributed by atoms with E-state index in [9.17, 15) is 9.59 Å². The molecule has 2 aliphatic rings. The van der Waals surface area contributed by atoms with Gasteiger partial charge in [0.1, 0.15) is 0 Å². The van der Waals surface area contributed by atoms with E-state index < -0.39 is 0 Å². The summed E-state index contributed by atoms with van der Waals surface area (Å²) < 4.78 is 0. The minimum Gasteiger partial charge on any atom is -0.351 e. The molecule has 0 bridgehead atoms. The lowest BCUT2D eigenvalue weighted by Gasteiger charge is -2.30. The number of piperidine rings is 1. The van der Waals surface area contributed by atoms with E-state index in [4.69, 9.17) is 34.8 Å². The summed E-state index contributed by atoms with van der Waals surface area (Å²) in [4.78, 5) is 30.5.